The summed E-state index contributed by atoms with van der Waals surface area (Å²) >= 11 is 0. The summed E-state index contributed by atoms with van der Waals surface area (Å²) in [5.41, 5.74) is 6.56. The SMILES string of the molecule is CCCC1CCC(CN)(N2CCCCC2C)CC1. The van der Waals surface area contributed by atoms with Gasteiger partial charge >= 0.3 is 0 Å². The van der Waals surface area contributed by atoms with Crippen LogP contribution in [0.25, 0.3) is 0 Å². The van der Waals surface area contributed by atoms with Crippen molar-refractivity contribution < 1.29 is 0 Å². The maximum atomic E-state index is 6.21. The van der Waals surface area contributed by atoms with E-state index in [4.69, 9.17) is 5.73 Å². The molecule has 18 heavy (non-hydrogen) atoms. The molecule has 0 amide bonds. The van der Waals surface area contributed by atoms with E-state index < -0.39 is 0 Å². The number of nitrogens with zero attached hydrogens (tertiary/aromatic N) is 1. The minimum atomic E-state index is 0.351. The molecule has 1 aliphatic carbocycles. The van der Waals surface area contributed by atoms with Gasteiger partial charge in [0, 0.05) is 18.1 Å². The molecular formula is C16H32N2. The van der Waals surface area contributed by atoms with Gasteiger partial charge < -0.3 is 5.73 Å². The highest BCUT2D eigenvalue weighted by Gasteiger charge is 2.41. The van der Waals surface area contributed by atoms with E-state index in [1.165, 1.54) is 64.3 Å². The molecule has 1 unspecified atom stereocenters. The highest BCUT2D eigenvalue weighted by molar-refractivity contribution is 4.98. The Labute approximate surface area is 113 Å². The summed E-state index contributed by atoms with van der Waals surface area (Å²) in [6, 6.07) is 0.755. The van der Waals surface area contributed by atoms with Gasteiger partial charge in [-0.05, 0) is 57.9 Å². The second-order valence-corrected chi connectivity index (χ2v) is 6.70. The van der Waals surface area contributed by atoms with Gasteiger partial charge in [0.2, 0.25) is 0 Å². The molecule has 2 rings (SSSR count). The van der Waals surface area contributed by atoms with Gasteiger partial charge in [0.05, 0.1) is 0 Å². The summed E-state index contributed by atoms with van der Waals surface area (Å²) in [5.74, 6) is 0.981. The van der Waals surface area contributed by atoms with Crippen LogP contribution in [0.1, 0.15) is 71.6 Å². The molecule has 2 aliphatic rings. The van der Waals surface area contributed by atoms with E-state index in [0.29, 0.717) is 5.54 Å². The van der Waals surface area contributed by atoms with E-state index in [1.807, 2.05) is 0 Å². The largest absolute Gasteiger partial charge is 0.329 e. The molecule has 0 aromatic heterocycles. The normalized spacial score (nSPS) is 38.8. The third kappa shape index (κ3) is 2.91. The molecule has 0 aromatic rings. The Hall–Kier alpha value is -0.0800. The molecule has 106 valence electrons. The van der Waals surface area contributed by atoms with Crippen LogP contribution in [0.4, 0.5) is 0 Å². The quantitative estimate of drug-likeness (QED) is 0.829. The number of likely N-dealkylation sites (tertiary alicyclic amines) is 1. The van der Waals surface area contributed by atoms with E-state index >= 15 is 0 Å². The number of rotatable bonds is 4. The van der Waals surface area contributed by atoms with Crippen LogP contribution >= 0.6 is 0 Å². The molecule has 1 atom stereocenters. The van der Waals surface area contributed by atoms with Crippen molar-refractivity contribution >= 4 is 0 Å². The number of nitrogens with two attached hydrogens (primary N) is 1. The van der Waals surface area contributed by atoms with E-state index in [0.717, 1.165) is 18.5 Å². The number of hydrogen-bond donors (Lipinski definition) is 1. The molecule has 2 heteroatoms. The zero-order chi connectivity index (χ0) is 13.0. The summed E-state index contributed by atoms with van der Waals surface area (Å²) in [4.78, 5) is 2.78. The van der Waals surface area contributed by atoms with Crippen molar-refractivity contribution in [1.82, 2.24) is 4.90 Å². The van der Waals surface area contributed by atoms with Crippen molar-refractivity contribution in [2.24, 2.45) is 11.7 Å². The third-order valence-corrected chi connectivity index (χ3v) is 5.53. The third-order valence-electron chi connectivity index (χ3n) is 5.53. The molecule has 1 saturated heterocycles. The lowest BCUT2D eigenvalue weighted by Gasteiger charge is -2.52. The maximum Gasteiger partial charge on any atom is 0.0334 e. The van der Waals surface area contributed by atoms with E-state index in [9.17, 15) is 0 Å². The van der Waals surface area contributed by atoms with Crippen LogP contribution in [0.5, 0.6) is 0 Å². The van der Waals surface area contributed by atoms with E-state index in [2.05, 4.69) is 18.7 Å². The zero-order valence-electron chi connectivity index (χ0n) is 12.5. The summed E-state index contributed by atoms with van der Waals surface area (Å²) < 4.78 is 0. The van der Waals surface area contributed by atoms with Crippen LogP contribution in [0.3, 0.4) is 0 Å². The molecule has 0 radical (unpaired) electrons. The van der Waals surface area contributed by atoms with E-state index in [1.54, 1.807) is 0 Å². The predicted molar refractivity (Wildman–Crippen MR) is 78.7 cm³/mol. The summed E-state index contributed by atoms with van der Waals surface area (Å²) in [6.07, 6.45) is 12.5. The minimum Gasteiger partial charge on any atom is -0.329 e. The van der Waals surface area contributed by atoms with Crippen molar-refractivity contribution in [3.63, 3.8) is 0 Å². The minimum absolute atomic E-state index is 0.351. The summed E-state index contributed by atoms with van der Waals surface area (Å²) in [5, 5.41) is 0. The van der Waals surface area contributed by atoms with Gasteiger partial charge in [0.25, 0.3) is 0 Å². The average Bonchev–Trinajstić information content (AvgIpc) is 2.41. The Balaban J connectivity index is 1.98. The first kappa shape index (κ1) is 14.3. The molecule has 2 N–H and O–H groups in total. The fourth-order valence-electron chi connectivity index (χ4n) is 4.32. The van der Waals surface area contributed by atoms with Crippen LogP contribution in [-0.2, 0) is 0 Å². The van der Waals surface area contributed by atoms with Crippen molar-refractivity contribution in [1.29, 1.82) is 0 Å². The van der Waals surface area contributed by atoms with Crippen LogP contribution in [0.15, 0.2) is 0 Å². The van der Waals surface area contributed by atoms with Gasteiger partial charge in [-0.2, -0.15) is 0 Å². The predicted octanol–water partition coefficient (Wildman–Crippen LogP) is 3.55. The first-order chi connectivity index (χ1) is 8.72. The number of hydrogen-bond acceptors (Lipinski definition) is 2. The second kappa shape index (κ2) is 6.38. The molecule has 0 aromatic carbocycles. The first-order valence-corrected chi connectivity index (χ1v) is 8.18. The van der Waals surface area contributed by atoms with Crippen LogP contribution in [-0.4, -0.2) is 29.6 Å². The van der Waals surface area contributed by atoms with Crippen LogP contribution in [0.2, 0.25) is 0 Å². The molecule has 1 heterocycles. The molecule has 0 spiro atoms. The van der Waals surface area contributed by atoms with Gasteiger partial charge in [0.15, 0.2) is 0 Å². The Morgan fingerprint density at radius 1 is 1.17 bits per heavy atom. The molecule has 1 aliphatic heterocycles. The average molecular weight is 252 g/mol. The highest BCUT2D eigenvalue weighted by atomic mass is 15.2. The molecule has 2 fully saturated rings. The first-order valence-electron chi connectivity index (χ1n) is 8.18. The zero-order valence-corrected chi connectivity index (χ0v) is 12.5. The molecule has 2 nitrogen and oxygen atoms in total. The number of piperidine rings is 1. The Morgan fingerprint density at radius 3 is 2.44 bits per heavy atom. The standard InChI is InChI=1S/C16H32N2/c1-3-6-15-8-10-16(13-17,11-9-15)18-12-5-4-7-14(18)2/h14-15H,3-13,17H2,1-2H3. The van der Waals surface area contributed by atoms with Crippen molar-refractivity contribution in [3.8, 4) is 0 Å². The molecule has 1 saturated carbocycles. The van der Waals surface area contributed by atoms with Crippen molar-refractivity contribution in [3.05, 3.63) is 0 Å². The van der Waals surface area contributed by atoms with Crippen molar-refractivity contribution in [2.45, 2.75) is 83.2 Å². The monoisotopic (exact) mass is 252 g/mol. The summed E-state index contributed by atoms with van der Waals surface area (Å²) in [6.45, 7) is 6.89. The topological polar surface area (TPSA) is 29.3 Å². The lowest BCUT2D eigenvalue weighted by atomic mass is 9.73. The Morgan fingerprint density at radius 2 is 1.89 bits per heavy atom. The fourth-order valence-corrected chi connectivity index (χ4v) is 4.32. The van der Waals surface area contributed by atoms with Crippen LogP contribution in [0, 0.1) is 5.92 Å². The Bertz CT molecular complexity index is 243. The van der Waals surface area contributed by atoms with Gasteiger partial charge in [-0.15, -0.1) is 0 Å². The molecular weight excluding hydrogens is 220 g/mol. The van der Waals surface area contributed by atoms with Gasteiger partial charge in [0.1, 0.15) is 0 Å². The fraction of sp³-hybridized carbons (Fsp3) is 1.00. The van der Waals surface area contributed by atoms with E-state index in [-0.39, 0.29) is 0 Å². The van der Waals surface area contributed by atoms with Crippen molar-refractivity contribution in [2.75, 3.05) is 13.1 Å². The molecule has 0 bridgehead atoms. The van der Waals surface area contributed by atoms with Gasteiger partial charge in [-0.25, -0.2) is 0 Å². The lowest BCUT2D eigenvalue weighted by molar-refractivity contribution is -0.00653. The second-order valence-electron chi connectivity index (χ2n) is 6.70. The van der Waals surface area contributed by atoms with Crippen LogP contribution < -0.4 is 5.73 Å². The van der Waals surface area contributed by atoms with Gasteiger partial charge in [-0.1, -0.05) is 26.2 Å². The van der Waals surface area contributed by atoms with Gasteiger partial charge in [-0.3, -0.25) is 4.90 Å². The highest BCUT2D eigenvalue weighted by Crippen LogP contribution is 2.40. The Kier molecular flexibility index (Phi) is 5.08. The lowest BCUT2D eigenvalue weighted by Crippen LogP contribution is -2.60. The maximum absolute atomic E-state index is 6.21. The summed E-state index contributed by atoms with van der Waals surface area (Å²) in [7, 11) is 0. The smallest absolute Gasteiger partial charge is 0.0334 e.